The average molecular weight is 435 g/mol. The predicted octanol–water partition coefficient (Wildman–Crippen LogP) is 5.05. The van der Waals surface area contributed by atoms with Crippen LogP contribution in [0.15, 0.2) is 42.5 Å². The molecular weight excluding hydrogens is 414 g/mol. The molecule has 1 N–H and O–H groups in total. The maximum absolute atomic E-state index is 12.8. The number of hydrogen-bond donors (Lipinski definition) is 1. The number of esters is 1. The average Bonchev–Trinajstić information content (AvgIpc) is 3.16. The number of benzene rings is 2. The van der Waals surface area contributed by atoms with E-state index in [0.717, 1.165) is 16.3 Å². The Bertz CT molecular complexity index is 1340. The fourth-order valence-electron chi connectivity index (χ4n) is 3.65. The Morgan fingerprint density at radius 3 is 2.69 bits per heavy atom. The molecule has 32 heavy (non-hydrogen) atoms. The molecule has 0 spiro atoms. The van der Waals surface area contributed by atoms with Crippen molar-refractivity contribution in [3.8, 4) is 11.6 Å². The fraction of sp³-hybridized carbons (Fsp3) is 0.217. The van der Waals surface area contributed by atoms with E-state index in [9.17, 15) is 14.9 Å². The number of carbonyl (C=O) groups excluding carboxylic acids is 1. The first-order chi connectivity index (χ1) is 15.4. The third-order valence-electron chi connectivity index (χ3n) is 5.05. The third-order valence-corrected chi connectivity index (χ3v) is 5.05. The Balaban J connectivity index is 1.97. The lowest BCUT2D eigenvalue weighted by Crippen LogP contribution is -2.12. The van der Waals surface area contributed by atoms with Crippen molar-refractivity contribution in [2.45, 2.75) is 20.5 Å². The van der Waals surface area contributed by atoms with Crippen LogP contribution in [0.4, 0.5) is 5.69 Å². The van der Waals surface area contributed by atoms with Gasteiger partial charge in [-0.2, -0.15) is 0 Å². The Labute approximate surface area is 183 Å². The lowest BCUT2D eigenvalue weighted by atomic mass is 10.1. The SMILES string of the molecule is CCOC(=O)c1nc(Oc2ccc([N+](=O)[O-])cc2C)c2[nH]c3ccccc3c2c1COC. The number of non-ortho nitro benzene ring substituents is 1. The van der Waals surface area contributed by atoms with E-state index in [2.05, 4.69) is 9.97 Å². The number of aryl methyl sites for hydroxylation is 1. The minimum Gasteiger partial charge on any atom is -0.461 e. The molecule has 0 aliphatic carbocycles. The van der Waals surface area contributed by atoms with E-state index in [4.69, 9.17) is 14.2 Å². The van der Waals surface area contributed by atoms with E-state index < -0.39 is 10.9 Å². The fourth-order valence-corrected chi connectivity index (χ4v) is 3.65. The summed E-state index contributed by atoms with van der Waals surface area (Å²) in [6.07, 6.45) is 0. The standard InChI is InChI=1S/C23H21N3O6/c1-4-31-23(27)20-16(12-30-3)19-15-7-5-6-8-17(15)24-21(19)22(25-20)32-18-10-9-14(26(28)29)11-13(18)2/h5-11,24H,4,12H2,1-3H3. The number of aromatic amines is 1. The number of ether oxygens (including phenoxy) is 3. The number of nitrogens with zero attached hydrogens (tertiary/aromatic N) is 2. The van der Waals surface area contributed by atoms with Crippen LogP contribution in [-0.4, -0.2) is 34.6 Å². The highest BCUT2D eigenvalue weighted by molar-refractivity contribution is 6.12. The van der Waals surface area contributed by atoms with Gasteiger partial charge in [-0.15, -0.1) is 0 Å². The van der Waals surface area contributed by atoms with Crippen LogP contribution in [0, 0.1) is 17.0 Å². The van der Waals surface area contributed by atoms with Crippen molar-refractivity contribution in [1.29, 1.82) is 0 Å². The van der Waals surface area contributed by atoms with Gasteiger partial charge in [-0.05, 0) is 31.5 Å². The predicted molar refractivity (Wildman–Crippen MR) is 118 cm³/mol. The normalized spacial score (nSPS) is 11.1. The number of para-hydroxylation sites is 1. The monoisotopic (exact) mass is 435 g/mol. The summed E-state index contributed by atoms with van der Waals surface area (Å²) in [6, 6.07) is 11.9. The number of H-pyrrole nitrogens is 1. The number of fused-ring (bicyclic) bond motifs is 3. The third kappa shape index (κ3) is 3.74. The molecule has 4 rings (SSSR count). The van der Waals surface area contributed by atoms with Gasteiger partial charge in [-0.25, -0.2) is 9.78 Å². The van der Waals surface area contributed by atoms with Crippen molar-refractivity contribution in [3.05, 3.63) is 69.4 Å². The maximum atomic E-state index is 12.8. The summed E-state index contributed by atoms with van der Waals surface area (Å²) in [5.41, 5.74) is 2.63. The van der Waals surface area contributed by atoms with Crippen LogP contribution < -0.4 is 4.74 Å². The van der Waals surface area contributed by atoms with Crippen LogP contribution in [0.3, 0.4) is 0 Å². The molecule has 2 aromatic carbocycles. The molecule has 9 heteroatoms. The smallest absolute Gasteiger partial charge is 0.357 e. The first kappa shape index (κ1) is 21.3. The number of rotatable bonds is 7. The number of aromatic nitrogens is 2. The van der Waals surface area contributed by atoms with Crippen molar-refractivity contribution in [3.63, 3.8) is 0 Å². The summed E-state index contributed by atoms with van der Waals surface area (Å²) in [4.78, 5) is 31.1. The number of carbonyl (C=O) groups is 1. The van der Waals surface area contributed by atoms with Gasteiger partial charge in [-0.1, -0.05) is 18.2 Å². The summed E-state index contributed by atoms with van der Waals surface area (Å²) in [5, 5.41) is 12.7. The van der Waals surface area contributed by atoms with Crippen LogP contribution >= 0.6 is 0 Å². The minimum atomic E-state index is -0.586. The van der Waals surface area contributed by atoms with E-state index >= 15 is 0 Å². The molecule has 4 aromatic rings. The first-order valence-electron chi connectivity index (χ1n) is 9.96. The molecule has 0 bridgehead atoms. The molecule has 2 aromatic heterocycles. The van der Waals surface area contributed by atoms with Gasteiger partial charge in [0, 0.05) is 41.1 Å². The van der Waals surface area contributed by atoms with Gasteiger partial charge in [0.1, 0.15) is 11.3 Å². The second-order valence-corrected chi connectivity index (χ2v) is 7.13. The van der Waals surface area contributed by atoms with E-state index in [1.54, 1.807) is 21.0 Å². The van der Waals surface area contributed by atoms with Gasteiger partial charge in [0.25, 0.3) is 5.69 Å². The van der Waals surface area contributed by atoms with Crippen molar-refractivity contribution in [1.82, 2.24) is 9.97 Å². The van der Waals surface area contributed by atoms with E-state index in [0.29, 0.717) is 22.4 Å². The van der Waals surface area contributed by atoms with Crippen molar-refractivity contribution in [2.24, 2.45) is 0 Å². The molecule has 0 amide bonds. The number of pyridine rings is 1. The Morgan fingerprint density at radius 1 is 1.22 bits per heavy atom. The van der Waals surface area contributed by atoms with Gasteiger partial charge in [0.15, 0.2) is 5.69 Å². The Kier molecular flexibility index (Phi) is 5.74. The molecule has 164 valence electrons. The molecule has 0 aliphatic rings. The van der Waals surface area contributed by atoms with E-state index in [1.807, 2.05) is 24.3 Å². The molecular formula is C23H21N3O6. The highest BCUT2D eigenvalue weighted by Crippen LogP contribution is 2.38. The topological polar surface area (TPSA) is 117 Å². The highest BCUT2D eigenvalue weighted by Gasteiger charge is 2.25. The second-order valence-electron chi connectivity index (χ2n) is 7.13. The second kappa shape index (κ2) is 8.64. The van der Waals surface area contributed by atoms with Crippen molar-refractivity contribution in [2.75, 3.05) is 13.7 Å². The van der Waals surface area contributed by atoms with Crippen LogP contribution in [0.5, 0.6) is 11.6 Å². The lowest BCUT2D eigenvalue weighted by Gasteiger charge is -2.14. The van der Waals surface area contributed by atoms with Crippen molar-refractivity contribution >= 4 is 33.5 Å². The Hall–Kier alpha value is -3.98. The summed E-state index contributed by atoms with van der Waals surface area (Å²) >= 11 is 0. The first-order valence-corrected chi connectivity index (χ1v) is 9.96. The highest BCUT2D eigenvalue weighted by atomic mass is 16.6. The van der Waals surface area contributed by atoms with Crippen LogP contribution in [0.2, 0.25) is 0 Å². The zero-order valence-corrected chi connectivity index (χ0v) is 17.8. The van der Waals surface area contributed by atoms with Gasteiger partial charge in [-0.3, -0.25) is 10.1 Å². The number of methoxy groups -OCH3 is 1. The molecule has 2 heterocycles. The molecule has 9 nitrogen and oxygen atoms in total. The quantitative estimate of drug-likeness (QED) is 0.245. The van der Waals surface area contributed by atoms with E-state index in [1.165, 1.54) is 18.2 Å². The molecule has 0 fully saturated rings. The molecule has 0 aliphatic heterocycles. The molecule has 0 unspecified atom stereocenters. The Morgan fingerprint density at radius 2 is 2.00 bits per heavy atom. The van der Waals surface area contributed by atoms with Gasteiger partial charge >= 0.3 is 5.97 Å². The molecule has 0 saturated heterocycles. The number of nitro benzene ring substituents is 1. The zero-order chi connectivity index (χ0) is 22.8. The number of nitro groups is 1. The van der Waals surface area contributed by atoms with Crippen LogP contribution in [0.1, 0.15) is 28.5 Å². The number of nitrogens with one attached hydrogen (secondary N) is 1. The largest absolute Gasteiger partial charge is 0.461 e. The summed E-state index contributed by atoms with van der Waals surface area (Å²) in [6.45, 7) is 3.76. The summed E-state index contributed by atoms with van der Waals surface area (Å²) < 4.78 is 16.7. The van der Waals surface area contributed by atoms with Crippen LogP contribution in [-0.2, 0) is 16.1 Å². The van der Waals surface area contributed by atoms with Gasteiger partial charge in [0.05, 0.1) is 18.1 Å². The maximum Gasteiger partial charge on any atom is 0.357 e. The molecule has 0 atom stereocenters. The van der Waals surface area contributed by atoms with Crippen LogP contribution in [0.25, 0.3) is 21.8 Å². The minimum absolute atomic E-state index is 0.0405. The van der Waals surface area contributed by atoms with E-state index in [-0.39, 0.29) is 30.5 Å². The van der Waals surface area contributed by atoms with Crippen molar-refractivity contribution < 1.29 is 23.9 Å². The lowest BCUT2D eigenvalue weighted by molar-refractivity contribution is -0.384. The molecule has 0 saturated carbocycles. The zero-order valence-electron chi connectivity index (χ0n) is 17.8. The summed E-state index contributed by atoms with van der Waals surface area (Å²) in [5.74, 6) is -0.0366. The van der Waals surface area contributed by atoms with Gasteiger partial charge in [0.2, 0.25) is 5.88 Å². The number of hydrogen-bond acceptors (Lipinski definition) is 7. The molecule has 0 radical (unpaired) electrons. The van der Waals surface area contributed by atoms with Gasteiger partial charge < -0.3 is 19.2 Å². The summed E-state index contributed by atoms with van der Waals surface area (Å²) in [7, 11) is 1.54.